The first-order chi connectivity index (χ1) is 21.2. The zero-order valence-electron chi connectivity index (χ0n) is 25.0. The van der Waals surface area contributed by atoms with Crippen molar-refractivity contribution in [3.63, 3.8) is 0 Å². The zero-order valence-corrected chi connectivity index (χ0v) is 25.8. The predicted molar refractivity (Wildman–Crippen MR) is 171 cm³/mol. The summed E-state index contributed by atoms with van der Waals surface area (Å²) < 4.78 is 42.7. The Morgan fingerprint density at radius 1 is 0.841 bits per heavy atom. The summed E-state index contributed by atoms with van der Waals surface area (Å²) in [6.07, 6.45) is 1.90. The van der Waals surface area contributed by atoms with E-state index in [0.29, 0.717) is 6.54 Å². The van der Waals surface area contributed by atoms with Gasteiger partial charge in [-0.1, -0.05) is 86.1 Å². The number of unbranched alkanes of at least 4 members (excludes halogenated alkanes) is 1. The molecule has 4 aromatic carbocycles. The van der Waals surface area contributed by atoms with Crippen molar-refractivity contribution in [3.8, 4) is 0 Å². The molecule has 0 fully saturated rings. The number of anilines is 1. The lowest BCUT2D eigenvalue weighted by atomic mass is 10.0. The van der Waals surface area contributed by atoms with E-state index in [9.17, 15) is 22.4 Å². The summed E-state index contributed by atoms with van der Waals surface area (Å²) in [5.74, 6) is -1.42. The molecule has 0 aliphatic rings. The van der Waals surface area contributed by atoms with E-state index >= 15 is 0 Å². The third-order valence-electron chi connectivity index (χ3n) is 7.43. The fourth-order valence-electron chi connectivity index (χ4n) is 4.89. The van der Waals surface area contributed by atoms with E-state index in [4.69, 9.17) is 0 Å². The minimum Gasteiger partial charge on any atom is -0.354 e. The number of nitrogens with zero attached hydrogens (tertiary/aromatic N) is 2. The highest BCUT2D eigenvalue weighted by Crippen LogP contribution is 2.25. The van der Waals surface area contributed by atoms with Crippen LogP contribution in [0.25, 0.3) is 0 Å². The maximum atomic E-state index is 14.4. The highest BCUT2D eigenvalue weighted by atomic mass is 32.2. The van der Waals surface area contributed by atoms with Gasteiger partial charge in [-0.15, -0.1) is 0 Å². The molecule has 4 aromatic rings. The molecule has 0 aromatic heterocycles. The molecule has 0 saturated carbocycles. The van der Waals surface area contributed by atoms with E-state index in [1.165, 1.54) is 29.2 Å². The van der Waals surface area contributed by atoms with Gasteiger partial charge >= 0.3 is 0 Å². The van der Waals surface area contributed by atoms with E-state index in [-0.39, 0.29) is 29.5 Å². The molecule has 44 heavy (non-hydrogen) atoms. The van der Waals surface area contributed by atoms with E-state index < -0.39 is 34.3 Å². The Hall–Kier alpha value is -4.50. The lowest BCUT2D eigenvalue weighted by Gasteiger charge is -2.34. The quantitative estimate of drug-likeness (QED) is 0.179. The largest absolute Gasteiger partial charge is 0.354 e. The van der Waals surface area contributed by atoms with Crippen LogP contribution in [0, 0.1) is 12.7 Å². The van der Waals surface area contributed by atoms with Crippen molar-refractivity contribution in [2.45, 2.75) is 50.6 Å². The molecule has 0 aliphatic carbocycles. The van der Waals surface area contributed by atoms with Gasteiger partial charge in [0.1, 0.15) is 18.4 Å². The van der Waals surface area contributed by atoms with Crippen molar-refractivity contribution < 1.29 is 22.4 Å². The minimum atomic E-state index is -4.24. The fourth-order valence-corrected chi connectivity index (χ4v) is 6.32. The van der Waals surface area contributed by atoms with Crippen LogP contribution in [0.3, 0.4) is 0 Å². The summed E-state index contributed by atoms with van der Waals surface area (Å²) in [6.45, 7) is 3.90. The smallest absolute Gasteiger partial charge is 0.264 e. The first-order valence-electron chi connectivity index (χ1n) is 14.7. The first kappa shape index (κ1) is 32.4. The van der Waals surface area contributed by atoms with Crippen LogP contribution in [-0.4, -0.2) is 44.3 Å². The van der Waals surface area contributed by atoms with Crippen molar-refractivity contribution >= 4 is 27.5 Å². The standard InChI is InChI=1S/C35H38FN3O4S/c1-3-4-23-37-35(41)33(24-28-14-7-5-8-15-28)38(25-29-16-12-11-13-27(29)2)34(40)26-39(31-21-19-30(36)20-22-31)44(42,43)32-17-9-6-10-18-32/h5-22,33H,3-4,23-26H2,1-2H3,(H,37,41)/t33-/m1/s1. The number of nitrogens with one attached hydrogen (secondary N) is 1. The Morgan fingerprint density at radius 3 is 2.09 bits per heavy atom. The number of amides is 2. The number of carbonyl (C=O) groups excluding carboxylic acids is 2. The Balaban J connectivity index is 1.78. The van der Waals surface area contributed by atoms with Gasteiger partial charge in [-0.25, -0.2) is 12.8 Å². The minimum absolute atomic E-state index is 0.0132. The van der Waals surface area contributed by atoms with Crippen LogP contribution < -0.4 is 9.62 Å². The predicted octanol–water partition coefficient (Wildman–Crippen LogP) is 5.89. The molecule has 9 heteroatoms. The average molecular weight is 616 g/mol. The van der Waals surface area contributed by atoms with Crippen molar-refractivity contribution in [3.05, 3.63) is 132 Å². The second-order valence-electron chi connectivity index (χ2n) is 10.6. The number of rotatable bonds is 14. The number of aryl methyl sites for hydroxylation is 1. The fraction of sp³-hybridized carbons (Fsp3) is 0.257. The van der Waals surface area contributed by atoms with Crippen LogP contribution in [-0.2, 0) is 32.6 Å². The second kappa shape index (κ2) is 15.3. The van der Waals surface area contributed by atoms with Crippen LogP contribution >= 0.6 is 0 Å². The number of benzene rings is 4. The zero-order chi connectivity index (χ0) is 31.5. The molecule has 0 spiro atoms. The molecule has 1 atom stereocenters. The van der Waals surface area contributed by atoms with Gasteiger partial charge in [-0.3, -0.25) is 13.9 Å². The van der Waals surface area contributed by atoms with Crippen LogP contribution in [0.5, 0.6) is 0 Å². The summed E-state index contributed by atoms with van der Waals surface area (Å²) in [6, 6.07) is 28.8. The molecular weight excluding hydrogens is 577 g/mol. The molecular formula is C35H38FN3O4S. The molecule has 2 amide bonds. The monoisotopic (exact) mass is 615 g/mol. The molecule has 4 rings (SSSR count). The number of carbonyl (C=O) groups is 2. The maximum Gasteiger partial charge on any atom is 0.264 e. The molecule has 0 radical (unpaired) electrons. The highest BCUT2D eigenvalue weighted by Gasteiger charge is 2.34. The Kier molecular flexibility index (Phi) is 11.3. The lowest BCUT2D eigenvalue weighted by molar-refractivity contribution is -0.140. The molecule has 0 bridgehead atoms. The van der Waals surface area contributed by atoms with Gasteiger partial charge in [0.25, 0.3) is 10.0 Å². The van der Waals surface area contributed by atoms with Crippen molar-refractivity contribution in [2.24, 2.45) is 0 Å². The van der Waals surface area contributed by atoms with Gasteiger partial charge < -0.3 is 10.2 Å². The SMILES string of the molecule is CCCCNC(=O)[C@@H](Cc1ccccc1)N(Cc1ccccc1C)C(=O)CN(c1ccc(F)cc1)S(=O)(=O)c1ccccc1. The number of hydrogen-bond donors (Lipinski definition) is 1. The van der Waals surface area contributed by atoms with E-state index in [2.05, 4.69) is 5.32 Å². The number of sulfonamides is 1. The Labute approximate surface area is 259 Å². The summed E-state index contributed by atoms with van der Waals surface area (Å²) in [5, 5.41) is 2.98. The summed E-state index contributed by atoms with van der Waals surface area (Å²) in [4.78, 5) is 29.6. The van der Waals surface area contributed by atoms with Crippen molar-refractivity contribution in [1.29, 1.82) is 0 Å². The van der Waals surface area contributed by atoms with Gasteiger partial charge in [0, 0.05) is 19.5 Å². The normalized spacial score (nSPS) is 11.9. The van der Waals surface area contributed by atoms with Gasteiger partial charge in [-0.05, 0) is 66.4 Å². The van der Waals surface area contributed by atoms with Crippen molar-refractivity contribution in [1.82, 2.24) is 10.2 Å². The molecule has 1 N–H and O–H groups in total. The maximum absolute atomic E-state index is 14.4. The lowest BCUT2D eigenvalue weighted by Crippen LogP contribution is -2.53. The molecule has 230 valence electrons. The average Bonchev–Trinajstić information content (AvgIpc) is 3.03. The summed E-state index contributed by atoms with van der Waals surface area (Å²) in [7, 11) is -4.24. The molecule has 0 heterocycles. The van der Waals surface area contributed by atoms with E-state index in [1.54, 1.807) is 18.2 Å². The topological polar surface area (TPSA) is 86.8 Å². The van der Waals surface area contributed by atoms with Crippen molar-refractivity contribution in [2.75, 3.05) is 17.4 Å². The Morgan fingerprint density at radius 2 is 1.45 bits per heavy atom. The van der Waals surface area contributed by atoms with Gasteiger partial charge in [0.05, 0.1) is 10.6 Å². The molecule has 0 aliphatic heterocycles. The first-order valence-corrected chi connectivity index (χ1v) is 16.1. The summed E-state index contributed by atoms with van der Waals surface area (Å²) in [5.41, 5.74) is 2.76. The van der Waals surface area contributed by atoms with Gasteiger partial charge in [0.15, 0.2) is 0 Å². The highest BCUT2D eigenvalue weighted by molar-refractivity contribution is 7.92. The Bertz CT molecular complexity index is 1630. The molecule has 0 saturated heterocycles. The molecule has 7 nitrogen and oxygen atoms in total. The van der Waals surface area contributed by atoms with Crippen LogP contribution in [0.15, 0.2) is 114 Å². The van der Waals surface area contributed by atoms with Gasteiger partial charge in [0.2, 0.25) is 11.8 Å². The third kappa shape index (κ3) is 8.32. The summed E-state index contributed by atoms with van der Waals surface area (Å²) >= 11 is 0. The van der Waals surface area contributed by atoms with E-state index in [1.807, 2.05) is 68.4 Å². The molecule has 0 unspecified atom stereocenters. The second-order valence-corrected chi connectivity index (χ2v) is 12.5. The van der Waals surface area contributed by atoms with Gasteiger partial charge in [-0.2, -0.15) is 0 Å². The van der Waals surface area contributed by atoms with E-state index in [0.717, 1.165) is 46.0 Å². The number of hydrogen-bond acceptors (Lipinski definition) is 4. The third-order valence-corrected chi connectivity index (χ3v) is 9.22. The van der Waals surface area contributed by atoms with Crippen LogP contribution in [0.1, 0.15) is 36.5 Å². The van der Waals surface area contributed by atoms with Crippen LogP contribution in [0.4, 0.5) is 10.1 Å². The number of halogens is 1. The van der Waals surface area contributed by atoms with Crippen LogP contribution in [0.2, 0.25) is 0 Å².